The molecule has 0 heteroatoms. The Morgan fingerprint density at radius 3 is 1.59 bits per heavy atom. The minimum absolute atomic E-state index is 0.151. The smallest absolute Gasteiger partial charge is 0.0129 e. The molecule has 0 heterocycles. The molecule has 0 spiro atoms. The van der Waals surface area contributed by atoms with Crippen LogP contribution in [0.2, 0.25) is 0 Å². The van der Waals surface area contributed by atoms with Crippen LogP contribution in [0.1, 0.15) is 103 Å². The van der Waals surface area contributed by atoms with Crippen LogP contribution in [0.4, 0.5) is 0 Å². The van der Waals surface area contributed by atoms with Crippen molar-refractivity contribution in [3.05, 3.63) is 70.3 Å². The molecule has 0 aliphatic heterocycles. The van der Waals surface area contributed by atoms with Crippen molar-refractivity contribution in [2.75, 3.05) is 0 Å². The fourth-order valence-electron chi connectivity index (χ4n) is 4.02. The Bertz CT molecular complexity index is 741. The van der Waals surface area contributed by atoms with E-state index in [1.54, 1.807) is 5.56 Å². The molecular weight excluding hydrogens is 324 g/mol. The first-order chi connectivity index (χ1) is 12.2. The van der Waals surface area contributed by atoms with E-state index < -0.39 is 0 Å². The summed E-state index contributed by atoms with van der Waals surface area (Å²) in [6.07, 6.45) is 1.08. The van der Waals surface area contributed by atoms with Crippen LogP contribution >= 0.6 is 0 Å². The minimum atomic E-state index is 0.151. The van der Waals surface area contributed by atoms with Crippen molar-refractivity contribution in [3.63, 3.8) is 0 Å². The van der Waals surface area contributed by atoms with E-state index in [0.717, 1.165) is 6.42 Å². The van der Waals surface area contributed by atoms with Crippen LogP contribution in [-0.2, 0) is 22.7 Å². The summed E-state index contributed by atoms with van der Waals surface area (Å²) < 4.78 is 0. The van der Waals surface area contributed by atoms with Gasteiger partial charge >= 0.3 is 0 Å². The summed E-state index contributed by atoms with van der Waals surface area (Å²) >= 11 is 0. The molecule has 2 aromatic rings. The maximum Gasteiger partial charge on any atom is -0.0129 e. The summed E-state index contributed by atoms with van der Waals surface area (Å²) in [4.78, 5) is 0. The fraction of sp³-hybridized carbons (Fsp3) is 0.556. The first-order valence-electron chi connectivity index (χ1n) is 10.4. The molecule has 27 heavy (non-hydrogen) atoms. The zero-order valence-electron chi connectivity index (χ0n) is 19.3. The Kier molecular flexibility index (Phi) is 6.00. The Hall–Kier alpha value is -1.56. The van der Waals surface area contributed by atoms with Gasteiger partial charge < -0.3 is 0 Å². The van der Waals surface area contributed by atoms with Crippen molar-refractivity contribution < 1.29 is 0 Å². The lowest BCUT2D eigenvalue weighted by Crippen LogP contribution is -2.23. The second-order valence-electron chi connectivity index (χ2n) is 11.3. The van der Waals surface area contributed by atoms with Gasteiger partial charge in [0.2, 0.25) is 0 Å². The second kappa shape index (κ2) is 7.46. The molecule has 0 N–H and O–H groups in total. The van der Waals surface area contributed by atoms with Crippen molar-refractivity contribution in [2.24, 2.45) is 0 Å². The van der Waals surface area contributed by atoms with Gasteiger partial charge in [0, 0.05) is 0 Å². The number of hydrogen-bond acceptors (Lipinski definition) is 0. The third-order valence-corrected chi connectivity index (χ3v) is 5.55. The van der Waals surface area contributed by atoms with Gasteiger partial charge in [-0.05, 0) is 56.4 Å². The average molecular weight is 365 g/mol. The van der Waals surface area contributed by atoms with Crippen LogP contribution in [-0.4, -0.2) is 0 Å². The predicted octanol–water partition coefficient (Wildman–Crippen LogP) is 7.93. The quantitative estimate of drug-likeness (QED) is 0.518. The molecule has 0 amide bonds. The lowest BCUT2D eigenvalue weighted by Gasteiger charge is -2.33. The SMILES string of the molecule is CC(Cc1cccc(C(C)(C)C)c1)c1c(C(C)(C)C)cccc1C(C)(C)C. The molecule has 0 aliphatic carbocycles. The zero-order valence-corrected chi connectivity index (χ0v) is 19.3. The van der Waals surface area contributed by atoms with E-state index in [9.17, 15) is 0 Å². The molecule has 0 radical (unpaired) electrons. The van der Waals surface area contributed by atoms with Crippen molar-refractivity contribution in [2.45, 2.75) is 97.8 Å². The maximum atomic E-state index is 2.41. The van der Waals surface area contributed by atoms with Gasteiger partial charge in [0.15, 0.2) is 0 Å². The molecule has 0 aromatic heterocycles. The molecule has 0 aliphatic rings. The highest BCUT2D eigenvalue weighted by molar-refractivity contribution is 5.45. The van der Waals surface area contributed by atoms with E-state index in [1.807, 2.05) is 0 Å². The topological polar surface area (TPSA) is 0 Å². The molecule has 0 fully saturated rings. The second-order valence-corrected chi connectivity index (χ2v) is 11.3. The standard InChI is InChI=1S/C27H40/c1-19(17-20-13-11-14-21(18-20)25(2,3)4)24-22(26(5,6)7)15-12-16-23(24)27(8,9)10/h11-16,18-19H,17H2,1-10H3. The van der Waals surface area contributed by atoms with E-state index >= 15 is 0 Å². The molecule has 1 unspecified atom stereocenters. The van der Waals surface area contributed by atoms with E-state index in [-0.39, 0.29) is 16.2 Å². The Balaban J connectivity index is 2.51. The predicted molar refractivity (Wildman–Crippen MR) is 121 cm³/mol. The molecule has 0 saturated heterocycles. The van der Waals surface area contributed by atoms with Gasteiger partial charge in [-0.15, -0.1) is 0 Å². The summed E-state index contributed by atoms with van der Waals surface area (Å²) in [7, 11) is 0. The largest absolute Gasteiger partial charge is 0.0617 e. The minimum Gasteiger partial charge on any atom is -0.0617 e. The van der Waals surface area contributed by atoms with Crippen LogP contribution < -0.4 is 0 Å². The zero-order chi connectivity index (χ0) is 20.6. The van der Waals surface area contributed by atoms with E-state index in [1.165, 1.54) is 22.3 Å². The number of hydrogen-bond donors (Lipinski definition) is 0. The number of benzene rings is 2. The maximum absolute atomic E-state index is 2.41. The molecule has 148 valence electrons. The van der Waals surface area contributed by atoms with Crippen LogP contribution in [0.25, 0.3) is 0 Å². The summed E-state index contributed by atoms with van der Waals surface area (Å²) in [5.41, 5.74) is 7.91. The molecule has 0 saturated carbocycles. The molecule has 2 rings (SSSR count). The van der Waals surface area contributed by atoms with Gasteiger partial charge in [0.1, 0.15) is 0 Å². The highest BCUT2D eigenvalue weighted by Crippen LogP contribution is 2.39. The molecular formula is C27H40. The highest BCUT2D eigenvalue weighted by Gasteiger charge is 2.28. The van der Waals surface area contributed by atoms with Gasteiger partial charge in [-0.2, -0.15) is 0 Å². The summed E-state index contributed by atoms with van der Waals surface area (Å²) in [5, 5.41) is 0. The van der Waals surface area contributed by atoms with E-state index in [4.69, 9.17) is 0 Å². The van der Waals surface area contributed by atoms with Crippen molar-refractivity contribution >= 4 is 0 Å². The van der Waals surface area contributed by atoms with Gasteiger partial charge in [0.25, 0.3) is 0 Å². The lowest BCUT2D eigenvalue weighted by atomic mass is 9.72. The van der Waals surface area contributed by atoms with Gasteiger partial charge in [-0.3, -0.25) is 0 Å². The third kappa shape index (κ3) is 5.24. The van der Waals surface area contributed by atoms with E-state index in [0.29, 0.717) is 5.92 Å². The first kappa shape index (κ1) is 21.7. The molecule has 1 atom stereocenters. The molecule has 2 aromatic carbocycles. The van der Waals surface area contributed by atoms with Crippen LogP contribution in [0, 0.1) is 0 Å². The van der Waals surface area contributed by atoms with Crippen molar-refractivity contribution in [1.29, 1.82) is 0 Å². The molecule has 0 nitrogen and oxygen atoms in total. The van der Waals surface area contributed by atoms with E-state index in [2.05, 4.69) is 112 Å². The number of rotatable bonds is 3. The highest BCUT2D eigenvalue weighted by atomic mass is 14.3. The Morgan fingerprint density at radius 2 is 1.15 bits per heavy atom. The lowest BCUT2D eigenvalue weighted by molar-refractivity contribution is 0.540. The summed E-state index contributed by atoms with van der Waals surface area (Å²) in [6, 6.07) is 16.1. The third-order valence-electron chi connectivity index (χ3n) is 5.55. The summed E-state index contributed by atoms with van der Waals surface area (Å²) in [5.74, 6) is 0.491. The summed E-state index contributed by atoms with van der Waals surface area (Å²) in [6.45, 7) is 23.3. The van der Waals surface area contributed by atoms with Crippen LogP contribution in [0.5, 0.6) is 0 Å². The van der Waals surface area contributed by atoms with Crippen LogP contribution in [0.3, 0.4) is 0 Å². The van der Waals surface area contributed by atoms with Gasteiger partial charge in [-0.25, -0.2) is 0 Å². The van der Waals surface area contributed by atoms with Crippen molar-refractivity contribution in [1.82, 2.24) is 0 Å². The average Bonchev–Trinajstić information content (AvgIpc) is 2.52. The molecule has 0 bridgehead atoms. The first-order valence-corrected chi connectivity index (χ1v) is 10.4. The van der Waals surface area contributed by atoms with Gasteiger partial charge in [-0.1, -0.05) is 112 Å². The Morgan fingerprint density at radius 1 is 0.667 bits per heavy atom. The van der Waals surface area contributed by atoms with Crippen LogP contribution in [0.15, 0.2) is 42.5 Å². The fourth-order valence-corrected chi connectivity index (χ4v) is 4.02. The van der Waals surface area contributed by atoms with Gasteiger partial charge in [0.05, 0.1) is 0 Å². The Labute approximate surface area is 168 Å². The van der Waals surface area contributed by atoms with Crippen molar-refractivity contribution in [3.8, 4) is 0 Å². The normalized spacial score (nSPS) is 14.3. The monoisotopic (exact) mass is 364 g/mol.